The van der Waals surface area contributed by atoms with E-state index in [0.717, 1.165) is 6.42 Å². The third kappa shape index (κ3) is 2.46. The van der Waals surface area contributed by atoms with Crippen molar-refractivity contribution in [1.29, 1.82) is 0 Å². The normalized spacial score (nSPS) is 15.6. The van der Waals surface area contributed by atoms with Crippen LogP contribution in [0.1, 0.15) is 24.0 Å². The molecule has 4 rings (SSSR count). The van der Waals surface area contributed by atoms with Crippen LogP contribution < -0.4 is 0 Å². The molecular weight excluding hydrogens is 236 g/mol. The molecule has 2 aromatic carbocycles. The van der Waals surface area contributed by atoms with Crippen LogP contribution in [0.3, 0.4) is 0 Å². The van der Waals surface area contributed by atoms with E-state index in [4.69, 9.17) is 0 Å². The van der Waals surface area contributed by atoms with Gasteiger partial charge in [-0.3, -0.25) is 0 Å². The van der Waals surface area contributed by atoms with E-state index < -0.39 is 0 Å². The second kappa shape index (κ2) is 5.62. The molecule has 1 heterocycles. The molecule has 0 spiro atoms. The summed E-state index contributed by atoms with van der Waals surface area (Å²) in [5.41, 5.74) is 5.75. The summed E-state index contributed by atoms with van der Waals surface area (Å²) in [6, 6.07) is 17.3. The molecule has 0 atom stereocenters. The second-order valence-electron chi connectivity index (χ2n) is 4.81. The fourth-order valence-electron chi connectivity index (χ4n) is 2.59. The van der Waals surface area contributed by atoms with Gasteiger partial charge in [-0.2, -0.15) is 11.8 Å². The number of fused-ring (bicyclic) bond motifs is 3. The standard InChI is InChI=1S/C13H10.C4H8S/c1-3-7-12-10(5-1)9-11-6-2-4-8-13(11)12;1-2-4-5-3-1/h1-8H,9H2;1-4H2. The number of thioether (sulfide) groups is 1. The molecule has 0 nitrogen and oxygen atoms in total. The van der Waals surface area contributed by atoms with Crippen LogP contribution in [0.5, 0.6) is 0 Å². The second-order valence-corrected chi connectivity index (χ2v) is 6.04. The van der Waals surface area contributed by atoms with Gasteiger partial charge < -0.3 is 0 Å². The first-order chi connectivity index (χ1) is 8.95. The van der Waals surface area contributed by atoms with E-state index in [2.05, 4.69) is 60.3 Å². The summed E-state index contributed by atoms with van der Waals surface area (Å²) < 4.78 is 0. The van der Waals surface area contributed by atoms with Crippen LogP contribution in [0.2, 0.25) is 0 Å². The summed E-state index contributed by atoms with van der Waals surface area (Å²) >= 11 is 2.07. The van der Waals surface area contributed by atoms with Gasteiger partial charge in [-0.1, -0.05) is 48.5 Å². The van der Waals surface area contributed by atoms with Gasteiger partial charge in [-0.25, -0.2) is 0 Å². The van der Waals surface area contributed by atoms with Gasteiger partial charge in [0, 0.05) is 0 Å². The smallest absolute Gasteiger partial charge is 0.00135 e. The molecule has 2 aromatic rings. The van der Waals surface area contributed by atoms with E-state index in [-0.39, 0.29) is 0 Å². The third-order valence-electron chi connectivity index (χ3n) is 3.53. The Morgan fingerprint density at radius 2 is 1.17 bits per heavy atom. The quantitative estimate of drug-likeness (QED) is 0.557. The third-order valence-corrected chi connectivity index (χ3v) is 4.69. The minimum Gasteiger partial charge on any atom is -0.162 e. The molecule has 0 bridgehead atoms. The topological polar surface area (TPSA) is 0 Å². The molecule has 92 valence electrons. The number of hydrogen-bond donors (Lipinski definition) is 0. The molecule has 18 heavy (non-hydrogen) atoms. The summed E-state index contributed by atoms with van der Waals surface area (Å²) in [5, 5.41) is 0. The number of rotatable bonds is 0. The molecule has 0 N–H and O–H groups in total. The van der Waals surface area contributed by atoms with Crippen molar-refractivity contribution in [2.75, 3.05) is 11.5 Å². The van der Waals surface area contributed by atoms with E-state index in [1.54, 1.807) is 0 Å². The van der Waals surface area contributed by atoms with Crippen molar-refractivity contribution in [2.45, 2.75) is 19.3 Å². The van der Waals surface area contributed by atoms with Crippen molar-refractivity contribution < 1.29 is 0 Å². The van der Waals surface area contributed by atoms with Crippen molar-refractivity contribution in [2.24, 2.45) is 0 Å². The van der Waals surface area contributed by atoms with Crippen LogP contribution in [0.15, 0.2) is 48.5 Å². The van der Waals surface area contributed by atoms with Crippen LogP contribution in [-0.2, 0) is 6.42 Å². The van der Waals surface area contributed by atoms with Crippen LogP contribution in [0, 0.1) is 0 Å². The van der Waals surface area contributed by atoms with E-state index >= 15 is 0 Å². The lowest BCUT2D eigenvalue weighted by Crippen LogP contribution is -1.77. The average Bonchev–Trinajstić information content (AvgIpc) is 3.10. The predicted octanol–water partition coefficient (Wildman–Crippen LogP) is 4.77. The van der Waals surface area contributed by atoms with Gasteiger partial charge in [0.2, 0.25) is 0 Å². The van der Waals surface area contributed by atoms with Gasteiger partial charge in [0.25, 0.3) is 0 Å². The molecule has 0 unspecified atom stereocenters. The maximum absolute atomic E-state index is 2.22. The fraction of sp³-hybridized carbons (Fsp3) is 0.294. The molecule has 0 aromatic heterocycles. The fourth-order valence-corrected chi connectivity index (χ4v) is 3.61. The van der Waals surface area contributed by atoms with Gasteiger partial charge in [0.05, 0.1) is 0 Å². The molecule has 1 saturated heterocycles. The molecule has 1 fully saturated rings. The Morgan fingerprint density at radius 1 is 0.667 bits per heavy atom. The molecular formula is C17H18S. The van der Waals surface area contributed by atoms with Crippen molar-refractivity contribution in [3.63, 3.8) is 0 Å². The first-order valence-corrected chi connectivity index (χ1v) is 7.84. The first kappa shape index (κ1) is 11.9. The number of benzene rings is 2. The summed E-state index contributed by atoms with van der Waals surface area (Å²) in [6.07, 6.45) is 4.03. The van der Waals surface area contributed by atoms with Gasteiger partial charge in [0.15, 0.2) is 0 Å². The Bertz CT molecular complexity index is 476. The summed E-state index contributed by atoms with van der Waals surface area (Å²) in [7, 11) is 0. The van der Waals surface area contributed by atoms with Crippen LogP contribution in [0.4, 0.5) is 0 Å². The Hall–Kier alpha value is -1.21. The highest BCUT2D eigenvalue weighted by atomic mass is 32.2. The highest BCUT2D eigenvalue weighted by molar-refractivity contribution is 7.99. The van der Waals surface area contributed by atoms with Crippen LogP contribution in [-0.4, -0.2) is 11.5 Å². The maximum atomic E-state index is 2.22. The summed E-state index contributed by atoms with van der Waals surface area (Å²) in [4.78, 5) is 0. The molecule has 2 aliphatic rings. The van der Waals surface area contributed by atoms with Crippen molar-refractivity contribution >= 4 is 11.8 Å². The number of hydrogen-bond acceptors (Lipinski definition) is 1. The van der Waals surface area contributed by atoms with Crippen molar-refractivity contribution in [1.82, 2.24) is 0 Å². The Balaban J connectivity index is 0.000000169. The first-order valence-electron chi connectivity index (χ1n) is 6.69. The van der Waals surface area contributed by atoms with Gasteiger partial charge in [-0.05, 0) is 53.0 Å². The highest BCUT2D eigenvalue weighted by Gasteiger charge is 2.15. The summed E-state index contributed by atoms with van der Waals surface area (Å²) in [5.74, 6) is 2.83. The molecule has 1 heteroatoms. The zero-order valence-corrected chi connectivity index (χ0v) is 11.4. The highest BCUT2D eigenvalue weighted by Crippen LogP contribution is 2.35. The Labute approximate surface area is 113 Å². The van der Waals surface area contributed by atoms with Crippen LogP contribution in [0.25, 0.3) is 11.1 Å². The van der Waals surface area contributed by atoms with E-state index in [0.29, 0.717) is 0 Å². The average molecular weight is 254 g/mol. The van der Waals surface area contributed by atoms with E-state index in [9.17, 15) is 0 Å². The maximum Gasteiger partial charge on any atom is -0.00135 e. The van der Waals surface area contributed by atoms with Gasteiger partial charge in [-0.15, -0.1) is 0 Å². The molecule has 0 radical (unpaired) electrons. The Morgan fingerprint density at radius 3 is 1.61 bits per heavy atom. The SMILES string of the molecule is C1CCSC1.c1ccc2c(c1)Cc1ccccc1-2. The molecule has 1 aliphatic heterocycles. The van der Waals surface area contributed by atoms with E-state index in [1.807, 2.05) is 0 Å². The zero-order valence-electron chi connectivity index (χ0n) is 10.6. The lowest BCUT2D eigenvalue weighted by atomic mass is 10.1. The predicted molar refractivity (Wildman–Crippen MR) is 81.2 cm³/mol. The molecule has 0 saturated carbocycles. The molecule has 0 amide bonds. The lowest BCUT2D eigenvalue weighted by molar-refractivity contribution is 0.949. The minimum atomic E-state index is 1.10. The minimum absolute atomic E-state index is 1.10. The van der Waals surface area contributed by atoms with Crippen molar-refractivity contribution in [3.8, 4) is 11.1 Å². The van der Waals surface area contributed by atoms with Crippen molar-refractivity contribution in [3.05, 3.63) is 59.7 Å². The molecule has 1 aliphatic carbocycles. The van der Waals surface area contributed by atoms with Gasteiger partial charge >= 0.3 is 0 Å². The Kier molecular flexibility index (Phi) is 3.70. The monoisotopic (exact) mass is 254 g/mol. The largest absolute Gasteiger partial charge is 0.162 e. The van der Waals surface area contributed by atoms with Gasteiger partial charge in [0.1, 0.15) is 0 Å². The van der Waals surface area contributed by atoms with Crippen LogP contribution >= 0.6 is 11.8 Å². The zero-order chi connectivity index (χ0) is 12.2. The van der Waals surface area contributed by atoms with E-state index in [1.165, 1.54) is 46.6 Å². The lowest BCUT2D eigenvalue weighted by Gasteiger charge is -1.98. The summed E-state index contributed by atoms with van der Waals surface area (Å²) in [6.45, 7) is 0.